The Hall–Kier alpha value is -1.00. The average Bonchev–Trinajstić information content (AvgIpc) is 2.71. The van der Waals surface area contributed by atoms with Crippen LogP contribution < -0.4 is 138 Å². The molecule has 0 aliphatic carbocycles. The largest absolute Gasteiger partial charge is 0.246 e. The van der Waals surface area contributed by atoms with Gasteiger partial charge < -0.3 is 0 Å². The molecule has 0 saturated heterocycles. The molecular formula is C3H33N25. The fourth-order valence-electron chi connectivity index (χ4n) is 0.851. The third kappa shape index (κ3) is 25.0. The minimum absolute atomic E-state index is 0.767. The summed E-state index contributed by atoms with van der Waals surface area (Å²) in [5.74, 6) is 0. The summed E-state index contributed by atoms with van der Waals surface area (Å²) in [4.78, 5) is 0. The Balaban J connectivity index is 2.96. The molecule has 0 aromatic rings. The second-order valence-electron chi connectivity index (χ2n) is 3.66. The maximum atomic E-state index is 2.81. The molecule has 25 heteroatoms. The summed E-state index contributed by atoms with van der Waals surface area (Å²) in [5, 5.41) is 0. The quantitative estimate of drug-likeness (QED) is 0.0482. The Kier molecular flexibility index (Phi) is 25.1. The Morgan fingerprint density at radius 3 is 0.750 bits per heavy atom. The Morgan fingerprint density at radius 1 is 0.321 bits per heavy atom. The molecule has 0 radical (unpaired) electrons. The van der Waals surface area contributed by atoms with Gasteiger partial charge in [0.2, 0.25) is 0 Å². The van der Waals surface area contributed by atoms with Gasteiger partial charge in [0.25, 0.3) is 0 Å². The first-order chi connectivity index (χ1) is 13.9. The maximum absolute atomic E-state index is 2.81. The van der Waals surface area contributed by atoms with E-state index in [0.717, 1.165) is 6.54 Å². The van der Waals surface area contributed by atoms with Crippen LogP contribution in [0.5, 0.6) is 0 Å². The van der Waals surface area contributed by atoms with Crippen LogP contribution in [0.4, 0.5) is 0 Å². The minimum atomic E-state index is 0.767. The van der Waals surface area contributed by atoms with E-state index in [1.165, 1.54) is 0 Å². The van der Waals surface area contributed by atoms with Crippen molar-refractivity contribution in [2.24, 2.45) is 0 Å². The Morgan fingerprint density at radius 2 is 0.536 bits per heavy atom. The molecule has 0 fully saturated rings. The number of nitrogens with one attached hydrogen (secondary N) is 25. The highest BCUT2D eigenvalue weighted by molar-refractivity contribution is 4.21. The molecule has 28 heavy (non-hydrogen) atoms. The van der Waals surface area contributed by atoms with E-state index in [1.807, 2.05) is 6.92 Å². The molecule has 0 aliphatic rings. The molecule has 0 amide bonds. The molecule has 170 valence electrons. The normalized spacial score (nSPS) is 11.4. The van der Waals surface area contributed by atoms with Crippen LogP contribution in [0.15, 0.2) is 0 Å². The summed E-state index contributed by atoms with van der Waals surface area (Å²) >= 11 is 0. The van der Waals surface area contributed by atoms with Crippen LogP contribution in [-0.2, 0) is 0 Å². The van der Waals surface area contributed by atoms with Gasteiger partial charge in [-0.05, 0) is 7.05 Å². The summed E-state index contributed by atoms with van der Waals surface area (Å²) in [6.45, 7) is 2.71. The summed E-state index contributed by atoms with van der Waals surface area (Å²) < 4.78 is 0. The summed E-state index contributed by atoms with van der Waals surface area (Å²) in [5.41, 5.74) is 63.6. The first-order valence-electron chi connectivity index (χ1n) is 7.56. The molecule has 0 saturated carbocycles. The molecule has 0 unspecified atom stereocenters. The van der Waals surface area contributed by atoms with Crippen LogP contribution in [0.2, 0.25) is 0 Å². The Labute approximate surface area is 159 Å². The first kappa shape index (κ1) is 27.0. The fraction of sp³-hybridized carbons (Fsp3) is 1.00. The van der Waals surface area contributed by atoms with Gasteiger partial charge in [0.05, 0.1) is 0 Å². The third-order valence-electron chi connectivity index (χ3n) is 1.77. The minimum Gasteiger partial charge on any atom is -0.246 e. The molecule has 0 rings (SSSR count). The summed E-state index contributed by atoms with van der Waals surface area (Å²) in [6.07, 6.45) is 0. The van der Waals surface area contributed by atoms with Crippen LogP contribution in [0, 0.1) is 0 Å². The molecule has 0 heterocycles. The zero-order valence-corrected chi connectivity index (χ0v) is 15.2. The fourth-order valence-corrected chi connectivity index (χ4v) is 0.851. The van der Waals surface area contributed by atoms with Gasteiger partial charge in [-0.25, -0.2) is 10.9 Å². The van der Waals surface area contributed by atoms with E-state index < -0.39 is 0 Å². The second kappa shape index (κ2) is 26.0. The number of hydrogen-bond donors (Lipinski definition) is 25. The highest BCUT2D eigenvalue weighted by Crippen LogP contribution is 1.38. The number of hydrogen-bond acceptors (Lipinski definition) is 25. The maximum Gasteiger partial charge on any atom is 0.00850 e. The van der Waals surface area contributed by atoms with Crippen molar-refractivity contribution in [1.82, 2.24) is 138 Å². The molecular weight excluding hydrogens is 386 g/mol. The van der Waals surface area contributed by atoms with Crippen LogP contribution in [0.25, 0.3) is 0 Å². The van der Waals surface area contributed by atoms with Crippen molar-refractivity contribution in [3.8, 4) is 0 Å². The van der Waals surface area contributed by atoms with Gasteiger partial charge in [-0.2, -0.15) is 127 Å². The molecule has 0 aromatic carbocycles. The lowest BCUT2D eigenvalue weighted by Gasteiger charge is -2.15. The van der Waals surface area contributed by atoms with Gasteiger partial charge in [-0.3, -0.25) is 0 Å². The summed E-state index contributed by atoms with van der Waals surface area (Å²) in [7, 11) is 1.70. The van der Waals surface area contributed by atoms with Crippen LogP contribution in [0.3, 0.4) is 0 Å². The lowest BCUT2D eigenvalue weighted by molar-refractivity contribution is 0.187. The van der Waals surface area contributed by atoms with Crippen LogP contribution in [0.1, 0.15) is 6.92 Å². The molecule has 0 atom stereocenters. The van der Waals surface area contributed by atoms with E-state index in [0.29, 0.717) is 0 Å². The van der Waals surface area contributed by atoms with E-state index in [-0.39, 0.29) is 0 Å². The smallest absolute Gasteiger partial charge is 0.00850 e. The number of hydrazine groups is 24. The molecule has 0 aliphatic heterocycles. The van der Waals surface area contributed by atoms with Gasteiger partial charge in [0.15, 0.2) is 0 Å². The summed E-state index contributed by atoms with van der Waals surface area (Å²) in [6, 6.07) is 0. The van der Waals surface area contributed by atoms with E-state index in [1.54, 1.807) is 7.05 Å². The van der Waals surface area contributed by atoms with Gasteiger partial charge in [-0.1, -0.05) is 6.92 Å². The first-order valence-corrected chi connectivity index (χ1v) is 7.56. The van der Waals surface area contributed by atoms with Crippen molar-refractivity contribution < 1.29 is 0 Å². The predicted octanol–water partition coefficient (Wildman–Crippen LogP) is -11.7. The van der Waals surface area contributed by atoms with E-state index in [4.69, 9.17) is 0 Å². The van der Waals surface area contributed by atoms with Crippen molar-refractivity contribution in [1.29, 1.82) is 0 Å². The van der Waals surface area contributed by atoms with Crippen molar-refractivity contribution >= 4 is 0 Å². The molecule has 25 nitrogen and oxygen atoms in total. The van der Waals surface area contributed by atoms with E-state index in [9.17, 15) is 0 Å². The van der Waals surface area contributed by atoms with Gasteiger partial charge in [-0.15, -0.1) is 0 Å². The second-order valence-corrected chi connectivity index (χ2v) is 3.66. The van der Waals surface area contributed by atoms with Gasteiger partial charge in [0, 0.05) is 6.54 Å². The van der Waals surface area contributed by atoms with Gasteiger partial charge in [0.1, 0.15) is 0 Å². The zero-order chi connectivity index (χ0) is 20.4. The van der Waals surface area contributed by atoms with E-state index >= 15 is 0 Å². The molecule has 0 bridgehead atoms. The average molecular weight is 419 g/mol. The van der Waals surface area contributed by atoms with Crippen molar-refractivity contribution in [3.05, 3.63) is 0 Å². The third-order valence-corrected chi connectivity index (χ3v) is 1.77. The molecule has 25 N–H and O–H groups in total. The standard InChI is InChI=1S/C3H33N25/c1-3-5-7-9-11-13-15-17-19-21-23-25-27-28-26-24-22-20-18-16-14-12-10-8-6-4-2/h4-28H,3H2,1-2H3. The highest BCUT2D eigenvalue weighted by Gasteiger charge is 1.85. The van der Waals surface area contributed by atoms with Gasteiger partial charge >= 0.3 is 0 Å². The molecule has 0 spiro atoms. The van der Waals surface area contributed by atoms with Crippen LogP contribution in [-0.4, -0.2) is 13.6 Å². The van der Waals surface area contributed by atoms with Crippen molar-refractivity contribution in [2.45, 2.75) is 6.92 Å². The highest BCUT2D eigenvalue weighted by atomic mass is 16.0. The number of rotatable bonds is 25. The van der Waals surface area contributed by atoms with Crippen molar-refractivity contribution in [2.75, 3.05) is 13.6 Å². The lowest BCUT2D eigenvalue weighted by Crippen LogP contribution is -2.70. The molecule has 0 aromatic heterocycles. The Bertz CT molecular complexity index is 232. The van der Waals surface area contributed by atoms with Crippen molar-refractivity contribution in [3.63, 3.8) is 0 Å². The predicted molar refractivity (Wildman–Crippen MR) is 94.9 cm³/mol. The zero-order valence-electron chi connectivity index (χ0n) is 15.2. The van der Waals surface area contributed by atoms with E-state index in [2.05, 4.69) is 138 Å². The lowest BCUT2D eigenvalue weighted by atomic mass is 10.8. The SMILES string of the molecule is CCNNNNNNNNNNNNNNNNNNNNNNNNNC. The monoisotopic (exact) mass is 419 g/mol. The van der Waals surface area contributed by atoms with Crippen LogP contribution >= 0.6 is 0 Å². The topological polar surface area (TPSA) is 301 Å².